The smallest absolute Gasteiger partial charge is 0.0552 e. The van der Waals surface area contributed by atoms with Gasteiger partial charge >= 0.3 is 0 Å². The van der Waals surface area contributed by atoms with E-state index in [1.54, 1.807) is 0 Å². The average Bonchev–Trinajstić information content (AvgIpc) is 2.47. The number of piperidine rings is 1. The lowest BCUT2D eigenvalue weighted by Gasteiger charge is -2.37. The molecule has 2 rings (SSSR count). The summed E-state index contributed by atoms with van der Waals surface area (Å²) in [5.41, 5.74) is 7.72. The van der Waals surface area contributed by atoms with Crippen molar-refractivity contribution in [3.63, 3.8) is 0 Å². The van der Waals surface area contributed by atoms with Crippen LogP contribution in [0, 0.1) is 0 Å². The molecule has 2 N–H and O–H groups in total. The van der Waals surface area contributed by atoms with Crippen LogP contribution in [0.3, 0.4) is 0 Å². The van der Waals surface area contributed by atoms with Crippen LogP contribution in [0.5, 0.6) is 0 Å². The van der Waals surface area contributed by atoms with Crippen molar-refractivity contribution in [1.29, 1.82) is 0 Å². The van der Waals surface area contributed by atoms with Gasteiger partial charge in [-0.3, -0.25) is 4.98 Å². The Morgan fingerprint density at radius 2 is 2.11 bits per heavy atom. The Morgan fingerprint density at radius 3 is 2.61 bits per heavy atom. The van der Waals surface area contributed by atoms with E-state index in [1.807, 2.05) is 12.3 Å². The molecule has 1 aromatic rings. The van der Waals surface area contributed by atoms with Crippen molar-refractivity contribution in [3.8, 4) is 0 Å². The third-order valence-electron chi connectivity index (χ3n) is 3.98. The van der Waals surface area contributed by atoms with Crippen molar-refractivity contribution in [2.24, 2.45) is 5.73 Å². The zero-order valence-electron chi connectivity index (χ0n) is 11.5. The minimum Gasteiger partial charge on any atom is -0.370 e. The Hall–Kier alpha value is -1.13. The van der Waals surface area contributed by atoms with Crippen LogP contribution in [0.4, 0.5) is 5.69 Å². The van der Waals surface area contributed by atoms with Crippen molar-refractivity contribution in [2.75, 3.05) is 31.6 Å². The van der Waals surface area contributed by atoms with Crippen LogP contribution in [-0.2, 0) is 6.54 Å². The summed E-state index contributed by atoms with van der Waals surface area (Å²) in [6.45, 7) is 6.33. The summed E-state index contributed by atoms with van der Waals surface area (Å²) in [6.07, 6.45) is 4.42. The maximum atomic E-state index is 5.57. The molecule has 18 heavy (non-hydrogen) atoms. The van der Waals surface area contributed by atoms with Gasteiger partial charge in [-0.25, -0.2) is 0 Å². The lowest BCUT2D eigenvalue weighted by Crippen LogP contribution is -2.43. The molecule has 0 bridgehead atoms. The summed E-state index contributed by atoms with van der Waals surface area (Å²) in [6, 6.07) is 4.78. The number of anilines is 1. The van der Waals surface area contributed by atoms with Gasteiger partial charge in [0.1, 0.15) is 0 Å². The van der Waals surface area contributed by atoms with E-state index < -0.39 is 0 Å². The molecular formula is C14H24N4. The number of rotatable bonds is 4. The summed E-state index contributed by atoms with van der Waals surface area (Å²) >= 11 is 0. The predicted octanol–water partition coefficient (Wildman–Crippen LogP) is 1.46. The molecule has 0 aliphatic carbocycles. The van der Waals surface area contributed by atoms with E-state index in [1.165, 1.54) is 38.2 Å². The van der Waals surface area contributed by atoms with E-state index in [2.05, 4.69) is 34.8 Å². The highest BCUT2D eigenvalue weighted by Gasteiger charge is 2.21. The maximum Gasteiger partial charge on any atom is 0.0552 e. The Kier molecular flexibility index (Phi) is 4.55. The third kappa shape index (κ3) is 3.00. The SMILES string of the molecule is CCN1CCC(N(C)c2ccc(CN)nc2)CC1. The second-order valence-electron chi connectivity index (χ2n) is 4.99. The summed E-state index contributed by atoms with van der Waals surface area (Å²) in [7, 11) is 2.17. The summed E-state index contributed by atoms with van der Waals surface area (Å²) in [5.74, 6) is 0. The molecule has 100 valence electrons. The van der Waals surface area contributed by atoms with E-state index in [0.717, 1.165) is 5.69 Å². The number of pyridine rings is 1. The Morgan fingerprint density at radius 1 is 1.39 bits per heavy atom. The third-order valence-corrected chi connectivity index (χ3v) is 3.98. The quantitative estimate of drug-likeness (QED) is 0.876. The first-order valence-electron chi connectivity index (χ1n) is 6.84. The molecule has 1 aliphatic rings. The second-order valence-corrected chi connectivity index (χ2v) is 4.99. The van der Waals surface area contributed by atoms with E-state index in [4.69, 9.17) is 5.73 Å². The molecule has 1 aliphatic heterocycles. The molecule has 1 saturated heterocycles. The molecule has 4 nitrogen and oxygen atoms in total. The number of likely N-dealkylation sites (tertiary alicyclic amines) is 1. The molecule has 0 radical (unpaired) electrons. The topological polar surface area (TPSA) is 45.4 Å². The van der Waals surface area contributed by atoms with Crippen molar-refractivity contribution >= 4 is 5.69 Å². The summed E-state index contributed by atoms with van der Waals surface area (Å²) in [5, 5.41) is 0. The van der Waals surface area contributed by atoms with Gasteiger partial charge < -0.3 is 15.5 Å². The fourth-order valence-corrected chi connectivity index (χ4v) is 2.58. The van der Waals surface area contributed by atoms with Crippen molar-refractivity contribution in [2.45, 2.75) is 32.4 Å². The van der Waals surface area contributed by atoms with Gasteiger partial charge in [0.25, 0.3) is 0 Å². The van der Waals surface area contributed by atoms with E-state index in [9.17, 15) is 0 Å². The van der Waals surface area contributed by atoms with Gasteiger partial charge in [0, 0.05) is 32.7 Å². The Labute approximate surface area is 110 Å². The van der Waals surface area contributed by atoms with Crippen LogP contribution in [0.15, 0.2) is 18.3 Å². The van der Waals surface area contributed by atoms with Gasteiger partial charge in [-0.1, -0.05) is 6.92 Å². The van der Waals surface area contributed by atoms with Crippen LogP contribution in [-0.4, -0.2) is 42.6 Å². The zero-order valence-corrected chi connectivity index (χ0v) is 11.5. The summed E-state index contributed by atoms with van der Waals surface area (Å²) in [4.78, 5) is 9.24. The lowest BCUT2D eigenvalue weighted by molar-refractivity contribution is 0.221. The molecule has 4 heteroatoms. The highest BCUT2D eigenvalue weighted by Crippen LogP contribution is 2.21. The number of nitrogens with zero attached hydrogens (tertiary/aromatic N) is 3. The zero-order chi connectivity index (χ0) is 13.0. The lowest BCUT2D eigenvalue weighted by atomic mass is 10.0. The van der Waals surface area contributed by atoms with Crippen molar-refractivity contribution < 1.29 is 0 Å². The van der Waals surface area contributed by atoms with Crippen LogP contribution >= 0.6 is 0 Å². The van der Waals surface area contributed by atoms with E-state index in [-0.39, 0.29) is 0 Å². The molecule has 1 fully saturated rings. The van der Waals surface area contributed by atoms with Crippen molar-refractivity contribution in [1.82, 2.24) is 9.88 Å². The normalized spacial score (nSPS) is 17.9. The molecule has 0 saturated carbocycles. The molecule has 0 unspecified atom stereocenters. The highest BCUT2D eigenvalue weighted by molar-refractivity contribution is 5.44. The van der Waals surface area contributed by atoms with Crippen LogP contribution in [0.2, 0.25) is 0 Å². The second kappa shape index (κ2) is 6.16. The van der Waals surface area contributed by atoms with Gasteiger partial charge in [0.05, 0.1) is 17.6 Å². The molecule has 0 aromatic carbocycles. The van der Waals surface area contributed by atoms with E-state index in [0.29, 0.717) is 12.6 Å². The average molecular weight is 248 g/mol. The van der Waals surface area contributed by atoms with Crippen LogP contribution in [0.1, 0.15) is 25.5 Å². The van der Waals surface area contributed by atoms with Gasteiger partial charge in [-0.2, -0.15) is 0 Å². The molecule has 2 heterocycles. The molecule has 0 atom stereocenters. The molecular weight excluding hydrogens is 224 g/mol. The minimum atomic E-state index is 0.513. The van der Waals surface area contributed by atoms with Crippen molar-refractivity contribution in [3.05, 3.63) is 24.0 Å². The maximum absolute atomic E-state index is 5.57. The van der Waals surface area contributed by atoms with Crippen LogP contribution < -0.4 is 10.6 Å². The van der Waals surface area contributed by atoms with Gasteiger partial charge in [-0.15, -0.1) is 0 Å². The number of nitrogens with two attached hydrogens (primary N) is 1. The number of aromatic nitrogens is 1. The van der Waals surface area contributed by atoms with Gasteiger partial charge in [0.2, 0.25) is 0 Å². The first kappa shape index (κ1) is 13.3. The standard InChI is InChI=1S/C14H24N4/c1-3-18-8-6-13(7-9-18)17(2)14-5-4-12(10-15)16-11-14/h4-5,11,13H,3,6-10,15H2,1-2H3. The molecule has 1 aromatic heterocycles. The first-order chi connectivity index (χ1) is 8.74. The fraction of sp³-hybridized carbons (Fsp3) is 0.643. The first-order valence-corrected chi connectivity index (χ1v) is 6.84. The largest absolute Gasteiger partial charge is 0.370 e. The minimum absolute atomic E-state index is 0.513. The monoisotopic (exact) mass is 248 g/mol. The highest BCUT2D eigenvalue weighted by atomic mass is 15.2. The fourth-order valence-electron chi connectivity index (χ4n) is 2.58. The van der Waals surface area contributed by atoms with Gasteiger partial charge in [0.15, 0.2) is 0 Å². The van der Waals surface area contributed by atoms with Gasteiger partial charge in [-0.05, 0) is 31.5 Å². The summed E-state index contributed by atoms with van der Waals surface area (Å²) < 4.78 is 0. The molecule has 0 amide bonds. The van der Waals surface area contributed by atoms with Crippen LogP contribution in [0.25, 0.3) is 0 Å². The number of hydrogen-bond donors (Lipinski definition) is 1. The Balaban J connectivity index is 1.96. The van der Waals surface area contributed by atoms with E-state index >= 15 is 0 Å². The molecule has 0 spiro atoms. The Bertz CT molecular complexity index is 355. The predicted molar refractivity (Wildman–Crippen MR) is 75.7 cm³/mol. The number of hydrogen-bond acceptors (Lipinski definition) is 4.